The van der Waals surface area contributed by atoms with E-state index in [1.165, 1.54) is 5.56 Å². The number of carbonyl (C=O) groups is 1. The van der Waals surface area contributed by atoms with Crippen LogP contribution in [0.4, 0.5) is 0 Å². The van der Waals surface area contributed by atoms with Crippen molar-refractivity contribution in [2.75, 3.05) is 24.6 Å². The molecule has 1 heterocycles. The number of rotatable bonds is 7. The van der Waals surface area contributed by atoms with Crippen LogP contribution in [0.1, 0.15) is 32.3 Å². The van der Waals surface area contributed by atoms with Crippen LogP contribution in [-0.4, -0.2) is 47.5 Å². The van der Waals surface area contributed by atoms with Gasteiger partial charge in [-0.3, -0.25) is 4.79 Å². The first kappa shape index (κ1) is 17.4. The lowest BCUT2D eigenvalue weighted by Crippen LogP contribution is -2.46. The van der Waals surface area contributed by atoms with Crippen LogP contribution in [0.2, 0.25) is 0 Å². The standard InChI is InChI=1S/C18H28N2OS/c1-3-17(12-15-8-6-5-7-9-15)20(4-2)18(21)13-16-14-22-11-10-19-16/h5-9,16-17,19H,3-4,10-14H2,1-2H3. The number of amides is 1. The van der Waals surface area contributed by atoms with Crippen LogP contribution in [0.3, 0.4) is 0 Å². The van der Waals surface area contributed by atoms with Crippen molar-refractivity contribution in [2.45, 2.75) is 45.2 Å². The summed E-state index contributed by atoms with van der Waals surface area (Å²) >= 11 is 1.95. The molecular weight excluding hydrogens is 292 g/mol. The van der Waals surface area contributed by atoms with Gasteiger partial charge in [0, 0.05) is 43.1 Å². The Morgan fingerprint density at radius 2 is 2.14 bits per heavy atom. The molecule has 1 fully saturated rings. The van der Waals surface area contributed by atoms with Crippen LogP contribution in [0, 0.1) is 0 Å². The lowest BCUT2D eigenvalue weighted by atomic mass is 10.0. The number of nitrogens with zero attached hydrogens (tertiary/aromatic N) is 1. The van der Waals surface area contributed by atoms with Crippen LogP contribution in [-0.2, 0) is 11.2 Å². The predicted octanol–water partition coefficient (Wildman–Crippen LogP) is 2.95. The summed E-state index contributed by atoms with van der Waals surface area (Å²) in [6, 6.07) is 11.1. The smallest absolute Gasteiger partial charge is 0.224 e. The van der Waals surface area contributed by atoms with Gasteiger partial charge in [0.2, 0.25) is 5.91 Å². The van der Waals surface area contributed by atoms with Crippen molar-refractivity contribution in [3.8, 4) is 0 Å². The molecular formula is C18H28N2OS. The second kappa shape index (κ2) is 9.21. The summed E-state index contributed by atoms with van der Waals surface area (Å²) in [5.74, 6) is 2.51. The first-order valence-electron chi connectivity index (χ1n) is 8.39. The van der Waals surface area contributed by atoms with Gasteiger partial charge in [-0.05, 0) is 25.3 Å². The quantitative estimate of drug-likeness (QED) is 0.838. The summed E-state index contributed by atoms with van der Waals surface area (Å²) in [4.78, 5) is 14.8. The fourth-order valence-corrected chi connectivity index (χ4v) is 4.03. The van der Waals surface area contributed by atoms with Crippen LogP contribution in [0.5, 0.6) is 0 Å². The lowest BCUT2D eigenvalue weighted by Gasteiger charge is -2.32. The molecule has 2 unspecified atom stereocenters. The Balaban J connectivity index is 1.95. The Morgan fingerprint density at radius 3 is 2.73 bits per heavy atom. The monoisotopic (exact) mass is 320 g/mol. The molecule has 1 aliphatic rings. The van der Waals surface area contributed by atoms with Gasteiger partial charge in [-0.15, -0.1) is 0 Å². The van der Waals surface area contributed by atoms with Gasteiger partial charge in [0.15, 0.2) is 0 Å². The van der Waals surface area contributed by atoms with Crippen molar-refractivity contribution in [3.05, 3.63) is 35.9 Å². The Morgan fingerprint density at radius 1 is 1.36 bits per heavy atom. The van der Waals surface area contributed by atoms with Crippen LogP contribution in [0.25, 0.3) is 0 Å². The Hall–Kier alpha value is -1.000. The molecule has 1 aliphatic heterocycles. The Kier molecular flexibility index (Phi) is 7.26. The minimum Gasteiger partial charge on any atom is -0.340 e. The van der Waals surface area contributed by atoms with Gasteiger partial charge in [0.05, 0.1) is 0 Å². The molecule has 1 aromatic rings. The molecule has 122 valence electrons. The highest BCUT2D eigenvalue weighted by molar-refractivity contribution is 7.99. The predicted molar refractivity (Wildman–Crippen MR) is 95.3 cm³/mol. The maximum atomic E-state index is 12.7. The van der Waals surface area contributed by atoms with E-state index in [0.717, 1.165) is 37.4 Å². The third-order valence-electron chi connectivity index (χ3n) is 4.31. The number of hydrogen-bond donors (Lipinski definition) is 1. The van der Waals surface area contributed by atoms with Gasteiger partial charge in [0.1, 0.15) is 0 Å². The largest absolute Gasteiger partial charge is 0.340 e. The number of carbonyl (C=O) groups excluding carboxylic acids is 1. The number of thioether (sulfide) groups is 1. The van der Waals surface area contributed by atoms with E-state index in [9.17, 15) is 4.79 Å². The molecule has 1 N–H and O–H groups in total. The maximum Gasteiger partial charge on any atom is 0.224 e. The topological polar surface area (TPSA) is 32.3 Å². The third kappa shape index (κ3) is 5.03. The van der Waals surface area contributed by atoms with Crippen molar-refractivity contribution < 1.29 is 4.79 Å². The molecule has 4 heteroatoms. The molecule has 2 atom stereocenters. The second-order valence-corrected chi connectivity index (χ2v) is 7.01. The van der Waals surface area contributed by atoms with Crippen molar-refractivity contribution >= 4 is 17.7 Å². The number of likely N-dealkylation sites (N-methyl/N-ethyl adjacent to an activating group) is 1. The first-order valence-corrected chi connectivity index (χ1v) is 9.54. The lowest BCUT2D eigenvalue weighted by molar-refractivity contribution is -0.133. The van der Waals surface area contributed by atoms with Gasteiger partial charge in [-0.25, -0.2) is 0 Å². The molecule has 2 rings (SSSR count). The SMILES string of the molecule is CCC(Cc1ccccc1)N(CC)C(=O)CC1CSCCN1. The molecule has 0 aromatic heterocycles. The fraction of sp³-hybridized carbons (Fsp3) is 0.611. The Labute approximate surface area is 138 Å². The fourth-order valence-electron chi connectivity index (χ4n) is 3.08. The molecule has 3 nitrogen and oxygen atoms in total. The highest BCUT2D eigenvalue weighted by Crippen LogP contribution is 2.16. The first-order chi connectivity index (χ1) is 10.7. The number of nitrogens with one attached hydrogen (secondary N) is 1. The summed E-state index contributed by atoms with van der Waals surface area (Å²) < 4.78 is 0. The van der Waals surface area contributed by atoms with Crippen LogP contribution in [0.15, 0.2) is 30.3 Å². The highest BCUT2D eigenvalue weighted by atomic mass is 32.2. The van der Waals surface area contributed by atoms with Crippen molar-refractivity contribution in [1.29, 1.82) is 0 Å². The highest BCUT2D eigenvalue weighted by Gasteiger charge is 2.24. The van der Waals surface area contributed by atoms with Gasteiger partial charge >= 0.3 is 0 Å². The van der Waals surface area contributed by atoms with Gasteiger partial charge in [0.25, 0.3) is 0 Å². The molecule has 0 saturated carbocycles. The van der Waals surface area contributed by atoms with E-state index in [2.05, 4.69) is 48.3 Å². The van der Waals surface area contributed by atoms with Gasteiger partial charge in [-0.2, -0.15) is 11.8 Å². The molecule has 1 aromatic carbocycles. The molecule has 0 spiro atoms. The van der Waals surface area contributed by atoms with Crippen molar-refractivity contribution in [3.63, 3.8) is 0 Å². The zero-order valence-electron chi connectivity index (χ0n) is 13.8. The third-order valence-corrected chi connectivity index (χ3v) is 5.44. The van der Waals surface area contributed by atoms with Crippen LogP contribution < -0.4 is 5.32 Å². The Bertz CT molecular complexity index is 446. The van der Waals surface area contributed by atoms with E-state index in [4.69, 9.17) is 0 Å². The maximum absolute atomic E-state index is 12.7. The zero-order chi connectivity index (χ0) is 15.8. The van der Waals surface area contributed by atoms with E-state index in [1.807, 2.05) is 17.8 Å². The van der Waals surface area contributed by atoms with E-state index in [-0.39, 0.29) is 0 Å². The van der Waals surface area contributed by atoms with Gasteiger partial charge in [-0.1, -0.05) is 37.3 Å². The molecule has 0 aliphatic carbocycles. The average molecular weight is 321 g/mol. The molecule has 1 amide bonds. The normalized spacial score (nSPS) is 19.6. The number of hydrogen-bond acceptors (Lipinski definition) is 3. The number of benzene rings is 1. The van der Waals surface area contributed by atoms with Crippen LogP contribution >= 0.6 is 11.8 Å². The summed E-state index contributed by atoms with van der Waals surface area (Å²) in [6.45, 7) is 6.09. The summed E-state index contributed by atoms with van der Waals surface area (Å²) in [6.07, 6.45) is 2.58. The van der Waals surface area contributed by atoms with E-state index < -0.39 is 0 Å². The summed E-state index contributed by atoms with van der Waals surface area (Å²) in [5.41, 5.74) is 1.31. The van der Waals surface area contributed by atoms with E-state index in [0.29, 0.717) is 24.4 Å². The van der Waals surface area contributed by atoms with E-state index >= 15 is 0 Å². The van der Waals surface area contributed by atoms with Gasteiger partial charge < -0.3 is 10.2 Å². The molecule has 0 bridgehead atoms. The van der Waals surface area contributed by atoms with Crippen molar-refractivity contribution in [1.82, 2.24) is 10.2 Å². The summed E-state index contributed by atoms with van der Waals surface area (Å²) in [7, 11) is 0. The minimum atomic E-state index is 0.297. The second-order valence-electron chi connectivity index (χ2n) is 5.86. The van der Waals surface area contributed by atoms with E-state index in [1.54, 1.807) is 0 Å². The zero-order valence-corrected chi connectivity index (χ0v) is 14.6. The molecule has 0 radical (unpaired) electrons. The van der Waals surface area contributed by atoms with Crippen molar-refractivity contribution in [2.24, 2.45) is 0 Å². The molecule has 1 saturated heterocycles. The molecule has 22 heavy (non-hydrogen) atoms. The average Bonchev–Trinajstić information content (AvgIpc) is 2.56. The summed E-state index contributed by atoms with van der Waals surface area (Å²) in [5, 5.41) is 3.47. The minimum absolute atomic E-state index is 0.297.